The summed E-state index contributed by atoms with van der Waals surface area (Å²) in [6.45, 7) is 0. The monoisotopic (exact) mass is 376 g/mol. The summed E-state index contributed by atoms with van der Waals surface area (Å²) < 4.78 is 13.3. The van der Waals surface area contributed by atoms with Gasteiger partial charge in [0.2, 0.25) is 0 Å². The van der Waals surface area contributed by atoms with Gasteiger partial charge >= 0.3 is 0 Å². The Balaban J connectivity index is 1.61. The molecule has 1 saturated carbocycles. The Morgan fingerprint density at radius 1 is 1.12 bits per heavy atom. The molecule has 0 heterocycles. The highest BCUT2D eigenvalue weighted by Crippen LogP contribution is 2.34. The molecule has 2 aromatic rings. The van der Waals surface area contributed by atoms with Crippen LogP contribution in [0.5, 0.6) is 0 Å². The van der Waals surface area contributed by atoms with E-state index in [2.05, 4.69) is 22.8 Å². The SMILES string of the molecule is Fc1cccc(NC(=S)NC2(CCc3ccc(Cl)cc3)CCCC2)c1. The number of halogens is 2. The molecule has 3 rings (SSSR count). The Morgan fingerprint density at radius 2 is 1.84 bits per heavy atom. The van der Waals surface area contributed by atoms with Gasteiger partial charge in [-0.25, -0.2) is 4.39 Å². The van der Waals surface area contributed by atoms with Crippen LogP contribution in [0.1, 0.15) is 37.7 Å². The second-order valence-corrected chi connectivity index (χ2v) is 7.55. The largest absolute Gasteiger partial charge is 0.357 e. The van der Waals surface area contributed by atoms with Gasteiger partial charge < -0.3 is 10.6 Å². The molecule has 0 amide bonds. The molecular formula is C20H22ClFN2S. The number of hydrogen-bond acceptors (Lipinski definition) is 1. The maximum atomic E-state index is 13.3. The van der Waals surface area contributed by atoms with Crippen LogP contribution in [0, 0.1) is 5.82 Å². The summed E-state index contributed by atoms with van der Waals surface area (Å²) in [5, 5.41) is 7.94. The van der Waals surface area contributed by atoms with E-state index < -0.39 is 0 Å². The van der Waals surface area contributed by atoms with Crippen molar-refractivity contribution in [3.8, 4) is 0 Å². The molecule has 2 N–H and O–H groups in total. The lowest BCUT2D eigenvalue weighted by molar-refractivity contribution is 0.362. The van der Waals surface area contributed by atoms with Crippen molar-refractivity contribution < 1.29 is 4.39 Å². The fourth-order valence-corrected chi connectivity index (χ4v) is 3.95. The van der Waals surface area contributed by atoms with Gasteiger partial charge in [0.1, 0.15) is 5.82 Å². The van der Waals surface area contributed by atoms with Gasteiger partial charge in [-0.3, -0.25) is 0 Å². The molecule has 0 saturated heterocycles. The van der Waals surface area contributed by atoms with Crippen LogP contribution >= 0.6 is 23.8 Å². The second kappa shape index (κ2) is 8.15. The molecule has 0 radical (unpaired) electrons. The Kier molecular flexibility index (Phi) is 5.92. The minimum atomic E-state index is -0.272. The van der Waals surface area contributed by atoms with Crippen molar-refractivity contribution >= 4 is 34.6 Å². The Morgan fingerprint density at radius 3 is 2.52 bits per heavy atom. The van der Waals surface area contributed by atoms with Crippen LogP contribution in [-0.2, 0) is 6.42 Å². The van der Waals surface area contributed by atoms with Crippen molar-refractivity contribution in [3.63, 3.8) is 0 Å². The fraction of sp³-hybridized carbons (Fsp3) is 0.350. The first kappa shape index (κ1) is 18.2. The Hall–Kier alpha value is -1.65. The lowest BCUT2D eigenvalue weighted by atomic mass is 9.89. The third kappa shape index (κ3) is 5.16. The Bertz CT molecular complexity index is 727. The third-order valence-corrected chi connectivity index (χ3v) is 5.28. The van der Waals surface area contributed by atoms with E-state index in [1.807, 2.05) is 18.2 Å². The molecule has 0 aromatic heterocycles. The summed E-state index contributed by atoms with van der Waals surface area (Å²) in [5.41, 5.74) is 1.96. The zero-order chi connectivity index (χ0) is 17.7. The molecule has 0 atom stereocenters. The highest BCUT2D eigenvalue weighted by molar-refractivity contribution is 7.80. The zero-order valence-corrected chi connectivity index (χ0v) is 15.6. The van der Waals surface area contributed by atoms with Gasteiger partial charge in [-0.05, 0) is 73.8 Å². The number of anilines is 1. The van der Waals surface area contributed by atoms with Crippen LogP contribution in [0.25, 0.3) is 0 Å². The summed E-state index contributed by atoms with van der Waals surface area (Å²) in [4.78, 5) is 0. The number of thiocarbonyl (C=S) groups is 1. The second-order valence-electron chi connectivity index (χ2n) is 6.70. The van der Waals surface area contributed by atoms with Crippen molar-refractivity contribution in [1.29, 1.82) is 0 Å². The molecule has 1 aliphatic carbocycles. The van der Waals surface area contributed by atoms with Crippen molar-refractivity contribution in [1.82, 2.24) is 5.32 Å². The lowest BCUT2D eigenvalue weighted by Crippen LogP contribution is -2.48. The lowest BCUT2D eigenvalue weighted by Gasteiger charge is -2.32. The average molecular weight is 377 g/mol. The van der Waals surface area contributed by atoms with Crippen molar-refractivity contribution in [2.24, 2.45) is 0 Å². The molecule has 0 unspecified atom stereocenters. The predicted molar refractivity (Wildman–Crippen MR) is 107 cm³/mol. The molecule has 25 heavy (non-hydrogen) atoms. The molecule has 5 heteroatoms. The molecule has 0 bridgehead atoms. The minimum Gasteiger partial charge on any atom is -0.357 e. The van der Waals surface area contributed by atoms with E-state index in [1.165, 1.54) is 30.5 Å². The molecule has 0 aliphatic heterocycles. The Labute approximate surface area is 158 Å². The highest BCUT2D eigenvalue weighted by Gasteiger charge is 2.34. The van der Waals surface area contributed by atoms with Gasteiger partial charge in [-0.15, -0.1) is 0 Å². The first-order chi connectivity index (χ1) is 12.0. The van der Waals surface area contributed by atoms with Crippen molar-refractivity contribution in [2.45, 2.75) is 44.1 Å². The van der Waals surface area contributed by atoms with Gasteiger partial charge in [0.05, 0.1) is 0 Å². The van der Waals surface area contributed by atoms with E-state index in [0.717, 1.165) is 30.7 Å². The van der Waals surface area contributed by atoms with E-state index in [0.29, 0.717) is 10.8 Å². The van der Waals surface area contributed by atoms with Crippen molar-refractivity contribution in [2.75, 3.05) is 5.32 Å². The first-order valence-corrected chi connectivity index (χ1v) is 9.43. The van der Waals surface area contributed by atoms with E-state index in [9.17, 15) is 4.39 Å². The maximum Gasteiger partial charge on any atom is 0.171 e. The van der Waals surface area contributed by atoms with Crippen LogP contribution < -0.4 is 10.6 Å². The maximum absolute atomic E-state index is 13.3. The van der Waals surface area contributed by atoms with E-state index in [-0.39, 0.29) is 11.4 Å². The molecule has 2 aromatic carbocycles. The number of benzene rings is 2. The number of rotatable bonds is 5. The summed E-state index contributed by atoms with van der Waals surface area (Å²) in [5.74, 6) is -0.272. The fourth-order valence-electron chi connectivity index (χ4n) is 3.49. The minimum absolute atomic E-state index is 0.0110. The smallest absolute Gasteiger partial charge is 0.171 e. The predicted octanol–water partition coefficient (Wildman–Crippen LogP) is 5.71. The van der Waals surface area contributed by atoms with Gasteiger partial charge in [-0.1, -0.05) is 42.6 Å². The highest BCUT2D eigenvalue weighted by atomic mass is 35.5. The molecule has 132 valence electrons. The van der Waals surface area contributed by atoms with Gasteiger partial charge in [0.15, 0.2) is 5.11 Å². The topological polar surface area (TPSA) is 24.1 Å². The quantitative estimate of drug-likeness (QED) is 0.653. The van der Waals surface area contributed by atoms with Crippen LogP contribution in [0.15, 0.2) is 48.5 Å². The van der Waals surface area contributed by atoms with E-state index >= 15 is 0 Å². The molecule has 1 fully saturated rings. The summed E-state index contributed by atoms with van der Waals surface area (Å²) in [6, 6.07) is 14.4. The van der Waals surface area contributed by atoms with Crippen LogP contribution in [-0.4, -0.2) is 10.7 Å². The summed E-state index contributed by atoms with van der Waals surface area (Å²) in [7, 11) is 0. The average Bonchev–Trinajstić information content (AvgIpc) is 3.03. The zero-order valence-electron chi connectivity index (χ0n) is 14.0. The normalized spacial score (nSPS) is 15.8. The van der Waals surface area contributed by atoms with Gasteiger partial charge in [0.25, 0.3) is 0 Å². The number of nitrogens with one attached hydrogen (secondary N) is 2. The molecule has 0 spiro atoms. The first-order valence-electron chi connectivity index (χ1n) is 8.64. The third-order valence-electron chi connectivity index (χ3n) is 4.83. The van der Waals surface area contributed by atoms with E-state index in [1.54, 1.807) is 6.07 Å². The van der Waals surface area contributed by atoms with Gasteiger partial charge in [0, 0.05) is 16.2 Å². The number of hydrogen-bond donors (Lipinski definition) is 2. The van der Waals surface area contributed by atoms with E-state index in [4.69, 9.17) is 23.8 Å². The van der Waals surface area contributed by atoms with Gasteiger partial charge in [-0.2, -0.15) is 0 Å². The standard InChI is InChI=1S/C20H22ClFN2S/c21-16-8-6-15(7-9-16)10-13-20(11-1-2-12-20)24-19(25)23-18-5-3-4-17(22)14-18/h3-9,14H,1-2,10-13H2,(H2,23,24,25). The number of aryl methyl sites for hydroxylation is 1. The molecule has 1 aliphatic rings. The summed E-state index contributed by atoms with van der Waals surface area (Å²) >= 11 is 11.4. The summed E-state index contributed by atoms with van der Waals surface area (Å²) in [6.07, 6.45) is 6.61. The van der Waals surface area contributed by atoms with Crippen LogP contribution in [0.2, 0.25) is 5.02 Å². The van der Waals surface area contributed by atoms with Crippen molar-refractivity contribution in [3.05, 3.63) is 64.9 Å². The van der Waals surface area contributed by atoms with Crippen LogP contribution in [0.4, 0.5) is 10.1 Å². The molecule has 2 nitrogen and oxygen atoms in total. The van der Waals surface area contributed by atoms with Crippen LogP contribution in [0.3, 0.4) is 0 Å². The molecular weight excluding hydrogens is 355 g/mol.